The minimum Gasteiger partial charge on any atom is -0.494 e. The molecule has 0 aromatic carbocycles. The van der Waals surface area contributed by atoms with Crippen molar-refractivity contribution in [3.8, 4) is 5.75 Å². The molecule has 1 aliphatic heterocycles. The quantitative estimate of drug-likeness (QED) is 0.682. The number of amides is 1. The number of fused-ring (bicyclic) bond motifs is 1. The molecule has 14 heavy (non-hydrogen) atoms. The zero-order valence-corrected chi connectivity index (χ0v) is 7.96. The van der Waals surface area contributed by atoms with Gasteiger partial charge in [-0.05, 0) is 0 Å². The fraction of sp³-hybridized carbons (Fsp3) is 0.143. The van der Waals surface area contributed by atoms with Crippen molar-refractivity contribution in [2.24, 2.45) is 0 Å². The second-order valence-corrected chi connectivity index (χ2v) is 4.30. The van der Waals surface area contributed by atoms with Crippen LogP contribution in [0, 0.1) is 0 Å². The van der Waals surface area contributed by atoms with E-state index in [0.717, 1.165) is 6.20 Å². The third-order valence-electron chi connectivity index (χ3n) is 1.84. The molecule has 1 aromatic rings. The van der Waals surface area contributed by atoms with Crippen molar-refractivity contribution in [2.45, 2.75) is 4.90 Å². The molecular formula is C7H6N2O4S. The highest BCUT2D eigenvalue weighted by Gasteiger charge is 2.35. The van der Waals surface area contributed by atoms with Gasteiger partial charge in [0.05, 0.1) is 13.3 Å². The first-order valence-electron chi connectivity index (χ1n) is 3.65. The minimum absolute atomic E-state index is 0.0162. The lowest BCUT2D eigenvalue weighted by Gasteiger charge is -2.01. The Hall–Kier alpha value is -1.63. The number of pyridine rings is 1. The number of carbonyl (C=O) groups excluding carboxylic acids is 1. The standard InChI is InChI=1S/C7H6N2O4S/c1-13-4-2-8-3-5-6(4)7(10)9-14(5,11)12/h2-3H,1H3,(H,9,10). The summed E-state index contributed by atoms with van der Waals surface area (Å²) in [6.45, 7) is 0. The van der Waals surface area contributed by atoms with Gasteiger partial charge in [0, 0.05) is 6.20 Å². The van der Waals surface area contributed by atoms with E-state index in [-0.39, 0.29) is 16.2 Å². The number of rotatable bonds is 1. The summed E-state index contributed by atoms with van der Waals surface area (Å²) in [5, 5.41) is 0. The van der Waals surface area contributed by atoms with Gasteiger partial charge >= 0.3 is 0 Å². The maximum absolute atomic E-state index is 11.3. The van der Waals surface area contributed by atoms with Gasteiger partial charge in [-0.1, -0.05) is 0 Å². The van der Waals surface area contributed by atoms with E-state index in [2.05, 4.69) is 4.98 Å². The number of hydrogen-bond donors (Lipinski definition) is 1. The molecule has 0 fully saturated rings. The number of nitrogens with one attached hydrogen (secondary N) is 1. The Morgan fingerprint density at radius 2 is 2.14 bits per heavy atom. The predicted molar refractivity (Wildman–Crippen MR) is 45.4 cm³/mol. The van der Waals surface area contributed by atoms with Crippen LogP contribution in [-0.2, 0) is 10.0 Å². The van der Waals surface area contributed by atoms with Crippen LogP contribution >= 0.6 is 0 Å². The first-order valence-corrected chi connectivity index (χ1v) is 5.13. The van der Waals surface area contributed by atoms with Gasteiger partial charge in [0.1, 0.15) is 10.5 Å². The summed E-state index contributed by atoms with van der Waals surface area (Å²) >= 11 is 0. The number of hydrogen-bond acceptors (Lipinski definition) is 5. The molecule has 6 nitrogen and oxygen atoms in total. The maximum atomic E-state index is 11.3. The van der Waals surface area contributed by atoms with Gasteiger partial charge in [-0.25, -0.2) is 13.1 Å². The molecule has 0 bridgehead atoms. The number of ether oxygens (including phenoxy) is 1. The van der Waals surface area contributed by atoms with E-state index in [1.807, 2.05) is 4.72 Å². The maximum Gasteiger partial charge on any atom is 0.270 e. The van der Waals surface area contributed by atoms with E-state index in [0.29, 0.717) is 0 Å². The predicted octanol–water partition coefficient (Wildman–Crippen LogP) is -0.478. The lowest BCUT2D eigenvalue weighted by atomic mass is 10.2. The number of aromatic nitrogens is 1. The molecule has 0 radical (unpaired) electrons. The number of methoxy groups -OCH3 is 1. The molecule has 0 aliphatic carbocycles. The van der Waals surface area contributed by atoms with Crippen LogP contribution in [0.5, 0.6) is 5.75 Å². The molecule has 1 amide bonds. The van der Waals surface area contributed by atoms with Crippen molar-refractivity contribution in [1.82, 2.24) is 9.71 Å². The summed E-state index contributed by atoms with van der Waals surface area (Å²) < 4.78 is 29.3. The second-order valence-electron chi connectivity index (χ2n) is 2.65. The highest BCUT2D eigenvalue weighted by atomic mass is 32.2. The minimum atomic E-state index is -3.73. The molecule has 0 unspecified atom stereocenters. The summed E-state index contributed by atoms with van der Waals surface area (Å²) in [5.74, 6) is -0.527. The number of nitrogens with zero attached hydrogens (tertiary/aromatic N) is 1. The summed E-state index contributed by atoms with van der Waals surface area (Å²) in [6, 6.07) is 0. The van der Waals surface area contributed by atoms with Crippen LogP contribution in [-0.4, -0.2) is 26.4 Å². The Bertz CT molecular complexity index is 508. The van der Waals surface area contributed by atoms with Crippen molar-refractivity contribution < 1.29 is 17.9 Å². The Morgan fingerprint density at radius 3 is 2.79 bits per heavy atom. The fourth-order valence-electron chi connectivity index (χ4n) is 1.23. The molecule has 1 aromatic heterocycles. The van der Waals surface area contributed by atoms with Gasteiger partial charge in [-0.2, -0.15) is 0 Å². The van der Waals surface area contributed by atoms with E-state index < -0.39 is 15.9 Å². The number of sulfonamides is 1. The average Bonchev–Trinajstić information content (AvgIpc) is 2.38. The van der Waals surface area contributed by atoms with Crippen molar-refractivity contribution in [3.63, 3.8) is 0 Å². The van der Waals surface area contributed by atoms with Gasteiger partial charge in [-0.15, -0.1) is 0 Å². The van der Waals surface area contributed by atoms with E-state index in [9.17, 15) is 13.2 Å². The van der Waals surface area contributed by atoms with E-state index >= 15 is 0 Å². The van der Waals surface area contributed by atoms with E-state index in [1.54, 1.807) is 0 Å². The molecule has 7 heteroatoms. The van der Waals surface area contributed by atoms with Crippen molar-refractivity contribution in [3.05, 3.63) is 18.0 Å². The molecule has 2 rings (SSSR count). The van der Waals surface area contributed by atoms with E-state index in [1.165, 1.54) is 13.3 Å². The molecule has 1 aliphatic rings. The smallest absolute Gasteiger partial charge is 0.270 e. The lowest BCUT2D eigenvalue weighted by molar-refractivity contribution is 0.0982. The van der Waals surface area contributed by atoms with Crippen LogP contribution in [0.1, 0.15) is 10.4 Å². The van der Waals surface area contributed by atoms with Crippen molar-refractivity contribution in [2.75, 3.05) is 7.11 Å². The van der Waals surface area contributed by atoms with Gasteiger partial charge in [0.25, 0.3) is 15.9 Å². The van der Waals surface area contributed by atoms with Crippen LogP contribution in [0.2, 0.25) is 0 Å². The van der Waals surface area contributed by atoms with Crippen LogP contribution in [0.15, 0.2) is 17.3 Å². The fourth-order valence-corrected chi connectivity index (χ4v) is 2.35. The van der Waals surface area contributed by atoms with Crippen LogP contribution in [0.3, 0.4) is 0 Å². The molecule has 1 N–H and O–H groups in total. The highest BCUT2D eigenvalue weighted by molar-refractivity contribution is 7.90. The lowest BCUT2D eigenvalue weighted by Crippen LogP contribution is -2.20. The van der Waals surface area contributed by atoms with Gasteiger partial charge in [0.15, 0.2) is 5.75 Å². The Kier molecular flexibility index (Phi) is 1.71. The summed E-state index contributed by atoms with van der Waals surface area (Å²) in [4.78, 5) is 14.8. The SMILES string of the molecule is COc1cncc2c1C(=O)NS2(=O)=O. The Labute approximate surface area is 80.0 Å². The molecule has 0 atom stereocenters. The zero-order chi connectivity index (χ0) is 10.3. The molecule has 0 spiro atoms. The monoisotopic (exact) mass is 214 g/mol. The van der Waals surface area contributed by atoms with E-state index in [4.69, 9.17) is 4.74 Å². The normalized spacial score (nSPS) is 17.4. The summed E-state index contributed by atoms with van der Waals surface area (Å²) in [7, 11) is -2.39. The largest absolute Gasteiger partial charge is 0.494 e. The van der Waals surface area contributed by atoms with Gasteiger partial charge < -0.3 is 4.74 Å². The molecule has 0 saturated carbocycles. The second kappa shape index (κ2) is 2.68. The number of carbonyl (C=O) groups is 1. The van der Waals surface area contributed by atoms with Crippen molar-refractivity contribution >= 4 is 15.9 Å². The molecule has 0 saturated heterocycles. The zero-order valence-electron chi connectivity index (χ0n) is 7.14. The Balaban J connectivity index is 2.80. The summed E-state index contributed by atoms with van der Waals surface area (Å²) in [5.41, 5.74) is 0.0162. The van der Waals surface area contributed by atoms with Crippen LogP contribution < -0.4 is 9.46 Å². The molecule has 74 valence electrons. The first kappa shape index (κ1) is 8.95. The van der Waals surface area contributed by atoms with Gasteiger partial charge in [0.2, 0.25) is 0 Å². The Morgan fingerprint density at radius 1 is 1.43 bits per heavy atom. The van der Waals surface area contributed by atoms with Crippen molar-refractivity contribution in [1.29, 1.82) is 0 Å². The third-order valence-corrected chi connectivity index (χ3v) is 3.18. The third kappa shape index (κ3) is 1.06. The highest BCUT2D eigenvalue weighted by Crippen LogP contribution is 2.28. The van der Waals surface area contributed by atoms with Gasteiger partial charge in [-0.3, -0.25) is 9.78 Å². The first-order chi connectivity index (χ1) is 6.56. The average molecular weight is 214 g/mol. The molecular weight excluding hydrogens is 208 g/mol. The topological polar surface area (TPSA) is 85.4 Å². The van der Waals surface area contributed by atoms with Crippen LogP contribution in [0.4, 0.5) is 0 Å². The molecule has 2 heterocycles. The van der Waals surface area contributed by atoms with Crippen LogP contribution in [0.25, 0.3) is 0 Å². The summed E-state index contributed by atoms with van der Waals surface area (Å²) in [6.07, 6.45) is 2.41.